The van der Waals surface area contributed by atoms with E-state index >= 15 is 0 Å². The Kier molecular flexibility index (Phi) is 3.85. The van der Waals surface area contributed by atoms with Gasteiger partial charge in [-0.15, -0.1) is 0 Å². The largest absolute Gasteiger partial charge is 0.481 e. The Morgan fingerprint density at radius 3 is 2.57 bits per heavy atom. The number of ether oxygens (including phenoxy) is 1. The smallest absolute Gasteiger partial charge is 0.279 e. The minimum absolute atomic E-state index is 0.267. The summed E-state index contributed by atoms with van der Waals surface area (Å²) in [7, 11) is 0. The van der Waals surface area contributed by atoms with Gasteiger partial charge in [-0.1, -0.05) is 18.2 Å². The van der Waals surface area contributed by atoms with Crippen LogP contribution in [0.1, 0.15) is 24.2 Å². The van der Waals surface area contributed by atoms with Gasteiger partial charge in [0.1, 0.15) is 0 Å². The second kappa shape index (κ2) is 5.17. The lowest BCUT2D eigenvalue weighted by Gasteiger charge is -2.00. The second-order valence-corrected chi connectivity index (χ2v) is 2.74. The van der Waals surface area contributed by atoms with Gasteiger partial charge in [-0.05, 0) is 19.1 Å². The molecule has 0 aliphatic rings. The zero-order valence-corrected chi connectivity index (χ0v) is 8.36. The molecule has 0 aliphatic carbocycles. The normalized spacial score (nSPS) is 11.1. The molecule has 0 saturated heterocycles. The molecule has 0 radical (unpaired) electrons. The standard InChI is InChI=1S/C11H13NO2/c1-3-14-9(2)12-11(13)10-7-5-4-6-8-10/h4-8H,3H2,1-2H3/b12-9+. The highest BCUT2D eigenvalue weighted by Crippen LogP contribution is 2.01. The number of benzene rings is 1. The van der Waals surface area contributed by atoms with Gasteiger partial charge in [0.2, 0.25) is 0 Å². The van der Waals surface area contributed by atoms with E-state index in [1.54, 1.807) is 31.2 Å². The van der Waals surface area contributed by atoms with Crippen molar-refractivity contribution in [3.63, 3.8) is 0 Å². The van der Waals surface area contributed by atoms with Crippen molar-refractivity contribution in [3.05, 3.63) is 35.9 Å². The molecule has 1 rings (SSSR count). The number of rotatable bonds is 2. The van der Waals surface area contributed by atoms with E-state index < -0.39 is 0 Å². The Morgan fingerprint density at radius 2 is 2.00 bits per heavy atom. The third-order valence-electron chi connectivity index (χ3n) is 1.63. The topological polar surface area (TPSA) is 38.7 Å². The lowest BCUT2D eigenvalue weighted by atomic mass is 10.2. The number of amides is 1. The van der Waals surface area contributed by atoms with Gasteiger partial charge in [0.05, 0.1) is 6.61 Å². The van der Waals surface area contributed by atoms with E-state index in [9.17, 15) is 4.79 Å². The van der Waals surface area contributed by atoms with E-state index in [1.807, 2.05) is 13.0 Å². The van der Waals surface area contributed by atoms with E-state index in [4.69, 9.17) is 4.74 Å². The molecular weight excluding hydrogens is 178 g/mol. The van der Waals surface area contributed by atoms with Crippen LogP contribution in [0.5, 0.6) is 0 Å². The third kappa shape index (κ3) is 3.01. The van der Waals surface area contributed by atoms with Crippen molar-refractivity contribution in [2.75, 3.05) is 6.61 Å². The second-order valence-electron chi connectivity index (χ2n) is 2.74. The highest BCUT2D eigenvalue weighted by Gasteiger charge is 2.02. The molecule has 0 aromatic heterocycles. The van der Waals surface area contributed by atoms with Crippen LogP contribution in [-0.4, -0.2) is 18.4 Å². The summed E-state index contributed by atoms with van der Waals surface area (Å²) in [5, 5.41) is 0. The van der Waals surface area contributed by atoms with Gasteiger partial charge < -0.3 is 4.74 Å². The summed E-state index contributed by atoms with van der Waals surface area (Å²) >= 11 is 0. The van der Waals surface area contributed by atoms with Crippen LogP contribution in [0, 0.1) is 0 Å². The molecule has 3 nitrogen and oxygen atoms in total. The van der Waals surface area contributed by atoms with Crippen molar-refractivity contribution in [1.29, 1.82) is 0 Å². The van der Waals surface area contributed by atoms with Crippen LogP contribution in [0.2, 0.25) is 0 Å². The summed E-state index contributed by atoms with van der Waals surface area (Å²) in [6, 6.07) is 8.92. The van der Waals surface area contributed by atoms with Crippen molar-refractivity contribution in [3.8, 4) is 0 Å². The third-order valence-corrected chi connectivity index (χ3v) is 1.63. The van der Waals surface area contributed by atoms with Gasteiger partial charge >= 0.3 is 0 Å². The van der Waals surface area contributed by atoms with Crippen LogP contribution in [0.25, 0.3) is 0 Å². The summed E-state index contributed by atoms with van der Waals surface area (Å²) < 4.78 is 5.06. The molecule has 0 aliphatic heterocycles. The Balaban J connectivity index is 2.72. The van der Waals surface area contributed by atoms with E-state index in [2.05, 4.69) is 4.99 Å². The zero-order chi connectivity index (χ0) is 10.4. The first-order valence-electron chi connectivity index (χ1n) is 4.51. The Labute approximate surface area is 83.4 Å². The highest BCUT2D eigenvalue weighted by molar-refractivity contribution is 6.01. The number of hydrogen-bond acceptors (Lipinski definition) is 2. The van der Waals surface area contributed by atoms with Crippen LogP contribution >= 0.6 is 0 Å². The molecule has 1 amide bonds. The van der Waals surface area contributed by atoms with Gasteiger partial charge in [0, 0.05) is 12.5 Å². The monoisotopic (exact) mass is 191 g/mol. The number of carbonyl (C=O) groups excluding carboxylic acids is 1. The average Bonchev–Trinajstić information content (AvgIpc) is 2.19. The molecule has 0 unspecified atom stereocenters. The highest BCUT2D eigenvalue weighted by atomic mass is 16.5. The summed E-state index contributed by atoms with van der Waals surface area (Å²) in [6.07, 6.45) is 0. The molecule has 1 aromatic carbocycles. The number of hydrogen-bond donors (Lipinski definition) is 0. The van der Waals surface area contributed by atoms with Gasteiger partial charge in [0.15, 0.2) is 5.90 Å². The molecule has 0 saturated carbocycles. The molecule has 0 N–H and O–H groups in total. The first kappa shape index (κ1) is 10.4. The molecule has 3 heteroatoms. The molecular formula is C11H13NO2. The predicted octanol–water partition coefficient (Wildman–Crippen LogP) is 2.28. The number of nitrogens with zero attached hydrogens (tertiary/aromatic N) is 1. The first-order chi connectivity index (χ1) is 6.74. The lowest BCUT2D eigenvalue weighted by Crippen LogP contribution is -2.04. The van der Waals surface area contributed by atoms with E-state index in [0.717, 1.165) is 0 Å². The van der Waals surface area contributed by atoms with E-state index in [-0.39, 0.29) is 5.91 Å². The van der Waals surface area contributed by atoms with Gasteiger partial charge in [-0.2, -0.15) is 4.99 Å². The molecule has 0 fully saturated rings. The molecule has 0 bridgehead atoms. The SMILES string of the molecule is CCO/C(C)=N/C(=O)c1ccccc1. The number of aliphatic imine (C=N–C) groups is 1. The molecule has 74 valence electrons. The fourth-order valence-electron chi connectivity index (χ4n) is 1.03. The van der Waals surface area contributed by atoms with Crippen LogP contribution in [0.15, 0.2) is 35.3 Å². The van der Waals surface area contributed by atoms with Crippen LogP contribution in [-0.2, 0) is 4.74 Å². The Hall–Kier alpha value is -1.64. The zero-order valence-electron chi connectivity index (χ0n) is 8.36. The van der Waals surface area contributed by atoms with Crippen molar-refractivity contribution < 1.29 is 9.53 Å². The van der Waals surface area contributed by atoms with Crippen molar-refractivity contribution >= 4 is 11.8 Å². The minimum atomic E-state index is -0.267. The summed E-state index contributed by atoms with van der Waals surface area (Å²) in [5.74, 6) is 0.137. The quantitative estimate of drug-likeness (QED) is 0.531. The van der Waals surface area contributed by atoms with E-state index in [0.29, 0.717) is 18.1 Å². The molecule has 0 spiro atoms. The van der Waals surface area contributed by atoms with Gasteiger partial charge in [-0.25, -0.2) is 0 Å². The van der Waals surface area contributed by atoms with E-state index in [1.165, 1.54) is 0 Å². The number of carbonyl (C=O) groups is 1. The maximum Gasteiger partial charge on any atom is 0.279 e. The maximum atomic E-state index is 11.5. The van der Waals surface area contributed by atoms with Gasteiger partial charge in [0.25, 0.3) is 5.91 Å². The molecule has 0 atom stereocenters. The minimum Gasteiger partial charge on any atom is -0.481 e. The van der Waals surface area contributed by atoms with Crippen molar-refractivity contribution in [1.82, 2.24) is 0 Å². The van der Waals surface area contributed by atoms with Gasteiger partial charge in [-0.3, -0.25) is 4.79 Å². The van der Waals surface area contributed by atoms with Crippen LogP contribution in [0.4, 0.5) is 0 Å². The van der Waals surface area contributed by atoms with Crippen molar-refractivity contribution in [2.24, 2.45) is 4.99 Å². The van der Waals surface area contributed by atoms with Crippen LogP contribution < -0.4 is 0 Å². The summed E-state index contributed by atoms with van der Waals surface area (Å²) in [5.41, 5.74) is 0.576. The Bertz CT molecular complexity index is 330. The lowest BCUT2D eigenvalue weighted by molar-refractivity contribution is 0.0999. The fraction of sp³-hybridized carbons (Fsp3) is 0.273. The van der Waals surface area contributed by atoms with Crippen molar-refractivity contribution in [2.45, 2.75) is 13.8 Å². The predicted molar refractivity (Wildman–Crippen MR) is 55.5 cm³/mol. The molecule has 1 aromatic rings. The maximum absolute atomic E-state index is 11.5. The summed E-state index contributed by atoms with van der Waals surface area (Å²) in [6.45, 7) is 4.05. The van der Waals surface area contributed by atoms with Crippen LogP contribution in [0.3, 0.4) is 0 Å². The molecule has 14 heavy (non-hydrogen) atoms. The average molecular weight is 191 g/mol. The molecule has 0 heterocycles. The Morgan fingerprint density at radius 1 is 1.36 bits per heavy atom. The summed E-state index contributed by atoms with van der Waals surface area (Å²) in [4.78, 5) is 15.3. The first-order valence-corrected chi connectivity index (χ1v) is 4.51. The fourth-order valence-corrected chi connectivity index (χ4v) is 1.03.